The molecule has 1 amide bonds. The minimum absolute atomic E-state index is 0.288. The van der Waals surface area contributed by atoms with E-state index in [-0.39, 0.29) is 12.2 Å². The Morgan fingerprint density at radius 2 is 2.31 bits per heavy atom. The van der Waals surface area contributed by atoms with Crippen LogP contribution in [0.1, 0.15) is 11.7 Å². The number of aromatic hydroxyl groups is 1. The van der Waals surface area contributed by atoms with Crippen molar-refractivity contribution in [2.75, 3.05) is 6.54 Å². The van der Waals surface area contributed by atoms with Gasteiger partial charge in [0.05, 0.1) is 11.5 Å². The predicted octanol–water partition coefficient (Wildman–Crippen LogP) is 1.08. The van der Waals surface area contributed by atoms with E-state index in [1.54, 1.807) is 0 Å². The maximum absolute atomic E-state index is 10.8. The summed E-state index contributed by atoms with van der Waals surface area (Å²) in [6, 6.07) is 3.85. The molecular weight excluding hydrogens is 216 g/mol. The van der Waals surface area contributed by atoms with Crippen molar-refractivity contribution in [3.63, 3.8) is 0 Å². The lowest BCUT2D eigenvalue weighted by molar-refractivity contribution is -0.385. The first-order valence-electron chi connectivity index (χ1n) is 4.49. The van der Waals surface area contributed by atoms with E-state index in [0.29, 0.717) is 5.56 Å². The lowest BCUT2D eigenvalue weighted by Crippen LogP contribution is -2.12. The standard InChI is InChI=1S/C9H8N2O5/c12-7-3-5(1-2-6(7)11(14)15)8-4-10-9(13)16-8/h1-3,8,12H,4H2,(H,10,13). The zero-order valence-corrected chi connectivity index (χ0v) is 8.04. The van der Waals surface area contributed by atoms with Crippen molar-refractivity contribution < 1.29 is 19.6 Å². The van der Waals surface area contributed by atoms with Crippen molar-refractivity contribution in [3.8, 4) is 5.75 Å². The number of nitro benzene ring substituents is 1. The third-order valence-electron chi connectivity index (χ3n) is 2.25. The first-order chi connectivity index (χ1) is 7.58. The number of benzene rings is 1. The SMILES string of the molecule is O=C1NCC(c2ccc([N+](=O)[O-])c(O)c2)O1. The molecule has 2 N–H and O–H groups in total. The fraction of sp³-hybridized carbons (Fsp3) is 0.222. The third-order valence-corrected chi connectivity index (χ3v) is 2.25. The number of alkyl carbamates (subject to hydrolysis) is 1. The summed E-state index contributed by atoms with van der Waals surface area (Å²) in [6.45, 7) is 0.288. The van der Waals surface area contributed by atoms with Gasteiger partial charge in [-0.25, -0.2) is 4.79 Å². The molecule has 1 unspecified atom stereocenters. The third kappa shape index (κ3) is 1.74. The van der Waals surface area contributed by atoms with Crippen LogP contribution >= 0.6 is 0 Å². The number of amides is 1. The molecule has 0 saturated carbocycles. The lowest BCUT2D eigenvalue weighted by atomic mass is 10.1. The fourth-order valence-electron chi connectivity index (χ4n) is 1.47. The quantitative estimate of drug-likeness (QED) is 0.578. The van der Waals surface area contributed by atoms with Gasteiger partial charge in [0.15, 0.2) is 5.75 Å². The minimum Gasteiger partial charge on any atom is -0.502 e. The van der Waals surface area contributed by atoms with E-state index in [1.807, 2.05) is 0 Å². The van der Waals surface area contributed by atoms with Gasteiger partial charge >= 0.3 is 11.8 Å². The van der Waals surface area contributed by atoms with Gasteiger partial charge in [0.1, 0.15) is 6.10 Å². The number of hydrogen-bond donors (Lipinski definition) is 2. The van der Waals surface area contributed by atoms with E-state index >= 15 is 0 Å². The van der Waals surface area contributed by atoms with Gasteiger partial charge in [0.2, 0.25) is 0 Å². The largest absolute Gasteiger partial charge is 0.502 e. The molecule has 0 bridgehead atoms. The number of nitro groups is 1. The molecule has 16 heavy (non-hydrogen) atoms. The number of nitrogens with zero attached hydrogens (tertiary/aromatic N) is 1. The average Bonchev–Trinajstić information content (AvgIpc) is 2.64. The van der Waals surface area contributed by atoms with Gasteiger partial charge < -0.3 is 15.2 Å². The van der Waals surface area contributed by atoms with Crippen molar-refractivity contribution in [3.05, 3.63) is 33.9 Å². The second-order valence-corrected chi connectivity index (χ2v) is 3.28. The van der Waals surface area contributed by atoms with Crippen LogP contribution in [0.15, 0.2) is 18.2 Å². The van der Waals surface area contributed by atoms with Crippen molar-refractivity contribution in [2.45, 2.75) is 6.10 Å². The highest BCUT2D eigenvalue weighted by Gasteiger charge is 2.25. The zero-order valence-electron chi connectivity index (χ0n) is 8.04. The summed E-state index contributed by atoms with van der Waals surface area (Å²) in [5.74, 6) is -0.439. The van der Waals surface area contributed by atoms with E-state index in [1.165, 1.54) is 18.2 Å². The number of phenolic OH excluding ortho intramolecular Hbond substituents is 1. The summed E-state index contributed by atoms with van der Waals surface area (Å²) in [7, 11) is 0. The highest BCUT2D eigenvalue weighted by molar-refractivity contribution is 5.69. The molecule has 0 radical (unpaired) electrons. The summed E-state index contributed by atoms with van der Waals surface area (Å²) < 4.78 is 4.87. The fourth-order valence-corrected chi connectivity index (χ4v) is 1.47. The minimum atomic E-state index is -0.683. The van der Waals surface area contributed by atoms with Crippen LogP contribution in [0.4, 0.5) is 10.5 Å². The van der Waals surface area contributed by atoms with Gasteiger partial charge in [-0.05, 0) is 17.7 Å². The molecule has 0 spiro atoms. The topological polar surface area (TPSA) is 102 Å². The summed E-state index contributed by atoms with van der Waals surface area (Å²) in [5, 5.41) is 22.3. The first-order valence-corrected chi connectivity index (χ1v) is 4.49. The Kier molecular flexibility index (Phi) is 2.35. The molecule has 1 aliphatic rings. The molecule has 1 fully saturated rings. The van der Waals surface area contributed by atoms with Crippen LogP contribution in [-0.4, -0.2) is 22.7 Å². The van der Waals surface area contributed by atoms with Gasteiger partial charge in [0.25, 0.3) is 0 Å². The van der Waals surface area contributed by atoms with Crippen LogP contribution in [-0.2, 0) is 4.74 Å². The van der Waals surface area contributed by atoms with Gasteiger partial charge in [0, 0.05) is 6.07 Å². The zero-order chi connectivity index (χ0) is 11.7. The molecule has 1 heterocycles. The molecule has 0 aromatic heterocycles. The number of phenols is 1. The van der Waals surface area contributed by atoms with Gasteiger partial charge in [-0.2, -0.15) is 0 Å². The van der Waals surface area contributed by atoms with E-state index in [2.05, 4.69) is 5.32 Å². The molecule has 7 heteroatoms. The summed E-state index contributed by atoms with van der Waals surface area (Å²) in [5.41, 5.74) is 0.141. The van der Waals surface area contributed by atoms with E-state index in [9.17, 15) is 20.0 Å². The number of nitrogens with one attached hydrogen (secondary N) is 1. The Morgan fingerprint density at radius 1 is 1.56 bits per heavy atom. The Hall–Kier alpha value is -2.31. The number of cyclic esters (lactones) is 1. The second-order valence-electron chi connectivity index (χ2n) is 3.28. The van der Waals surface area contributed by atoms with Crippen LogP contribution in [0, 0.1) is 10.1 Å². The average molecular weight is 224 g/mol. The van der Waals surface area contributed by atoms with Gasteiger partial charge in [-0.15, -0.1) is 0 Å². The highest BCUT2D eigenvalue weighted by atomic mass is 16.6. The van der Waals surface area contributed by atoms with Crippen molar-refractivity contribution in [1.82, 2.24) is 5.32 Å². The van der Waals surface area contributed by atoms with Crippen molar-refractivity contribution in [1.29, 1.82) is 0 Å². The Morgan fingerprint density at radius 3 is 2.81 bits per heavy atom. The first kappa shape index (κ1) is 10.2. The number of carbonyl (C=O) groups excluding carboxylic acids is 1. The number of hydrogen-bond acceptors (Lipinski definition) is 5. The molecule has 1 aromatic rings. The lowest BCUT2D eigenvalue weighted by Gasteiger charge is -2.07. The molecule has 2 rings (SSSR count). The molecule has 1 saturated heterocycles. The van der Waals surface area contributed by atoms with Crippen molar-refractivity contribution >= 4 is 11.8 Å². The van der Waals surface area contributed by atoms with Crippen LogP contribution < -0.4 is 5.32 Å². The molecule has 7 nitrogen and oxygen atoms in total. The summed E-state index contributed by atoms with van der Waals surface area (Å²) >= 11 is 0. The normalized spacial score (nSPS) is 19.0. The molecule has 1 aromatic carbocycles. The summed E-state index contributed by atoms with van der Waals surface area (Å²) in [6.07, 6.45) is -1.05. The van der Waals surface area contributed by atoms with Crippen LogP contribution in [0.25, 0.3) is 0 Å². The van der Waals surface area contributed by atoms with Gasteiger partial charge in [-0.1, -0.05) is 0 Å². The molecule has 84 valence electrons. The Labute approximate surface area is 89.8 Å². The van der Waals surface area contributed by atoms with Crippen molar-refractivity contribution in [2.24, 2.45) is 0 Å². The second kappa shape index (κ2) is 3.69. The van der Waals surface area contributed by atoms with E-state index < -0.39 is 22.9 Å². The maximum Gasteiger partial charge on any atom is 0.407 e. The highest BCUT2D eigenvalue weighted by Crippen LogP contribution is 2.30. The molecule has 1 aliphatic heterocycles. The Bertz CT molecular complexity index is 459. The smallest absolute Gasteiger partial charge is 0.407 e. The molecule has 1 atom stereocenters. The number of ether oxygens (including phenoxy) is 1. The number of rotatable bonds is 2. The van der Waals surface area contributed by atoms with E-state index in [0.717, 1.165) is 0 Å². The maximum atomic E-state index is 10.8. The van der Waals surface area contributed by atoms with Crippen LogP contribution in [0.2, 0.25) is 0 Å². The Balaban J connectivity index is 2.27. The molecular formula is C9H8N2O5. The number of carbonyl (C=O) groups is 1. The monoisotopic (exact) mass is 224 g/mol. The van der Waals surface area contributed by atoms with E-state index in [4.69, 9.17) is 4.74 Å². The van der Waals surface area contributed by atoms with Gasteiger partial charge in [-0.3, -0.25) is 10.1 Å². The van der Waals surface area contributed by atoms with Crippen LogP contribution in [0.5, 0.6) is 5.75 Å². The predicted molar refractivity (Wildman–Crippen MR) is 52.0 cm³/mol. The molecule has 0 aliphatic carbocycles. The summed E-state index contributed by atoms with van der Waals surface area (Å²) in [4.78, 5) is 20.6. The van der Waals surface area contributed by atoms with Crippen LogP contribution in [0.3, 0.4) is 0 Å².